The molecule has 0 aliphatic carbocycles. The topological polar surface area (TPSA) is 98.8 Å². The number of nitro benzene ring substituents is 1. The number of ether oxygens (including phenoxy) is 1. The van der Waals surface area contributed by atoms with Crippen molar-refractivity contribution in [2.45, 2.75) is 20.8 Å². The first-order valence-electron chi connectivity index (χ1n) is 10.3. The van der Waals surface area contributed by atoms with Gasteiger partial charge in [-0.15, -0.1) is 0 Å². The fraction of sp³-hybridized carbons (Fsp3) is 0.167. The summed E-state index contributed by atoms with van der Waals surface area (Å²) in [4.78, 5) is 28.3. The molecule has 0 radical (unpaired) electrons. The van der Waals surface area contributed by atoms with E-state index in [2.05, 4.69) is 10.3 Å². The second-order valence-corrected chi connectivity index (χ2v) is 8.38. The predicted octanol–water partition coefficient (Wildman–Crippen LogP) is 5.29. The lowest BCUT2D eigenvalue weighted by atomic mass is 10.2. The molecule has 1 aliphatic rings. The number of aliphatic imine (C=N–C) groups is 1. The number of thioether (sulfide) groups is 1. The van der Waals surface area contributed by atoms with Gasteiger partial charge in [-0.25, -0.2) is 4.99 Å². The van der Waals surface area contributed by atoms with Crippen LogP contribution in [-0.2, 0) is 4.79 Å². The lowest BCUT2D eigenvalue weighted by molar-refractivity contribution is -0.384. The first kappa shape index (κ1) is 22.3. The van der Waals surface area contributed by atoms with Crippen LogP contribution in [0, 0.1) is 24.0 Å². The van der Waals surface area contributed by atoms with E-state index < -0.39 is 4.92 Å². The molecule has 0 spiro atoms. The summed E-state index contributed by atoms with van der Waals surface area (Å²) in [5.74, 6) is 0.550. The SMILES string of the molecule is CCOc1ccc(N=C2NC(=O)/C(=C\c3cc(C)n(-c4cccc([N+](=O)[O-])c4)c3C)S2)cc1. The monoisotopic (exact) mass is 462 g/mol. The van der Waals surface area contributed by atoms with E-state index in [-0.39, 0.29) is 11.6 Å². The van der Waals surface area contributed by atoms with Gasteiger partial charge >= 0.3 is 0 Å². The molecule has 1 amide bonds. The molecular weight excluding hydrogens is 440 g/mol. The highest BCUT2D eigenvalue weighted by Crippen LogP contribution is 2.31. The van der Waals surface area contributed by atoms with Gasteiger partial charge in [-0.05, 0) is 80.6 Å². The molecule has 33 heavy (non-hydrogen) atoms. The molecule has 2 heterocycles. The number of non-ortho nitro benzene ring substituents is 1. The number of hydrogen-bond donors (Lipinski definition) is 1. The number of amidine groups is 1. The number of rotatable bonds is 6. The van der Waals surface area contributed by atoms with Crippen LogP contribution in [0.15, 0.2) is 64.5 Å². The smallest absolute Gasteiger partial charge is 0.271 e. The number of aromatic nitrogens is 1. The van der Waals surface area contributed by atoms with Crippen molar-refractivity contribution in [1.82, 2.24) is 9.88 Å². The summed E-state index contributed by atoms with van der Waals surface area (Å²) in [7, 11) is 0. The van der Waals surface area contributed by atoms with Gasteiger partial charge in [-0.1, -0.05) is 6.07 Å². The van der Waals surface area contributed by atoms with Gasteiger partial charge in [0, 0.05) is 23.5 Å². The second kappa shape index (κ2) is 9.33. The minimum absolute atomic E-state index is 0.0285. The van der Waals surface area contributed by atoms with Crippen LogP contribution in [0.5, 0.6) is 5.75 Å². The number of nitro groups is 1. The number of nitrogens with zero attached hydrogens (tertiary/aromatic N) is 3. The summed E-state index contributed by atoms with van der Waals surface area (Å²) in [6.07, 6.45) is 1.82. The summed E-state index contributed by atoms with van der Waals surface area (Å²) in [5.41, 5.74) is 4.09. The molecule has 1 saturated heterocycles. The van der Waals surface area contributed by atoms with Crippen LogP contribution >= 0.6 is 11.8 Å². The summed E-state index contributed by atoms with van der Waals surface area (Å²) in [6, 6.07) is 15.8. The largest absolute Gasteiger partial charge is 0.494 e. The van der Waals surface area contributed by atoms with Crippen LogP contribution in [0.3, 0.4) is 0 Å². The molecule has 1 fully saturated rings. The van der Waals surface area contributed by atoms with Crippen LogP contribution in [0.2, 0.25) is 0 Å². The van der Waals surface area contributed by atoms with Gasteiger partial charge in [0.05, 0.1) is 27.8 Å². The number of carbonyl (C=O) groups is 1. The summed E-state index contributed by atoms with van der Waals surface area (Å²) in [5, 5.41) is 14.5. The van der Waals surface area contributed by atoms with E-state index in [0.29, 0.717) is 28.1 Å². The first-order chi connectivity index (χ1) is 15.9. The Morgan fingerprint density at radius 1 is 1.18 bits per heavy atom. The van der Waals surface area contributed by atoms with E-state index in [1.165, 1.54) is 23.9 Å². The van der Waals surface area contributed by atoms with Crippen molar-refractivity contribution in [1.29, 1.82) is 0 Å². The Labute approximate surface area is 195 Å². The molecule has 0 bridgehead atoms. The van der Waals surface area contributed by atoms with Crippen LogP contribution in [-0.4, -0.2) is 27.2 Å². The van der Waals surface area contributed by atoms with E-state index in [1.807, 2.05) is 67.8 Å². The molecule has 0 atom stereocenters. The molecule has 4 rings (SSSR count). The molecular formula is C24H22N4O4S. The predicted molar refractivity (Wildman–Crippen MR) is 130 cm³/mol. The van der Waals surface area contributed by atoms with Gasteiger partial charge in [0.1, 0.15) is 5.75 Å². The second-order valence-electron chi connectivity index (χ2n) is 7.35. The van der Waals surface area contributed by atoms with Crippen molar-refractivity contribution in [2.24, 2.45) is 4.99 Å². The Balaban J connectivity index is 1.59. The molecule has 9 heteroatoms. The third-order valence-electron chi connectivity index (χ3n) is 5.08. The Hall–Kier alpha value is -3.85. The molecule has 1 N–H and O–H groups in total. The van der Waals surface area contributed by atoms with Crippen molar-refractivity contribution in [3.63, 3.8) is 0 Å². The Morgan fingerprint density at radius 3 is 2.64 bits per heavy atom. The normalized spacial score (nSPS) is 15.8. The number of carbonyl (C=O) groups excluding carboxylic acids is 1. The minimum Gasteiger partial charge on any atom is -0.494 e. The lowest BCUT2D eigenvalue weighted by Crippen LogP contribution is -2.19. The maximum absolute atomic E-state index is 12.5. The number of hydrogen-bond acceptors (Lipinski definition) is 6. The highest BCUT2D eigenvalue weighted by atomic mass is 32.2. The highest BCUT2D eigenvalue weighted by Gasteiger charge is 2.24. The van der Waals surface area contributed by atoms with E-state index in [0.717, 1.165) is 22.7 Å². The third kappa shape index (κ3) is 4.83. The van der Waals surface area contributed by atoms with Crippen molar-refractivity contribution in [3.8, 4) is 11.4 Å². The zero-order chi connectivity index (χ0) is 23.5. The van der Waals surface area contributed by atoms with Crippen molar-refractivity contribution in [3.05, 3.63) is 86.6 Å². The zero-order valence-electron chi connectivity index (χ0n) is 18.4. The maximum atomic E-state index is 12.5. The quantitative estimate of drug-likeness (QED) is 0.305. The van der Waals surface area contributed by atoms with E-state index in [9.17, 15) is 14.9 Å². The first-order valence-corrected chi connectivity index (χ1v) is 11.1. The van der Waals surface area contributed by atoms with Crippen LogP contribution < -0.4 is 10.1 Å². The van der Waals surface area contributed by atoms with Crippen molar-refractivity contribution < 1.29 is 14.5 Å². The van der Waals surface area contributed by atoms with Crippen LogP contribution in [0.1, 0.15) is 23.9 Å². The van der Waals surface area contributed by atoms with Crippen molar-refractivity contribution >= 4 is 40.3 Å². The maximum Gasteiger partial charge on any atom is 0.271 e. The van der Waals surface area contributed by atoms with Crippen molar-refractivity contribution in [2.75, 3.05) is 6.61 Å². The van der Waals surface area contributed by atoms with Gasteiger partial charge in [0.25, 0.3) is 11.6 Å². The number of aryl methyl sites for hydroxylation is 1. The highest BCUT2D eigenvalue weighted by molar-refractivity contribution is 8.18. The van der Waals surface area contributed by atoms with E-state index in [4.69, 9.17) is 4.74 Å². The molecule has 8 nitrogen and oxygen atoms in total. The number of benzene rings is 2. The minimum atomic E-state index is -0.411. The third-order valence-corrected chi connectivity index (χ3v) is 5.99. The molecule has 0 saturated carbocycles. The molecule has 0 unspecified atom stereocenters. The van der Waals surface area contributed by atoms with Gasteiger partial charge in [0.15, 0.2) is 5.17 Å². The lowest BCUT2D eigenvalue weighted by Gasteiger charge is -2.09. The molecule has 3 aromatic rings. The molecule has 1 aliphatic heterocycles. The fourth-order valence-corrected chi connectivity index (χ4v) is 4.43. The van der Waals surface area contributed by atoms with Crippen LogP contribution in [0.4, 0.5) is 11.4 Å². The standard InChI is InChI=1S/C24H22N4O4S/c1-4-32-21-10-8-18(9-11-21)25-24-26-23(29)22(33-24)13-17-12-15(2)27(16(17)3)19-6-5-7-20(14-19)28(30)31/h5-14H,4H2,1-3H3,(H,25,26,29)/b22-13+. The average molecular weight is 463 g/mol. The van der Waals surface area contributed by atoms with E-state index in [1.54, 1.807) is 6.07 Å². The summed E-state index contributed by atoms with van der Waals surface area (Å²) < 4.78 is 7.37. The fourth-order valence-electron chi connectivity index (χ4n) is 3.60. The van der Waals surface area contributed by atoms with Gasteiger partial charge in [0.2, 0.25) is 0 Å². The van der Waals surface area contributed by atoms with Gasteiger partial charge < -0.3 is 14.6 Å². The Bertz CT molecular complexity index is 1290. The number of nitrogens with one attached hydrogen (secondary N) is 1. The van der Waals surface area contributed by atoms with Gasteiger partial charge in [-0.2, -0.15) is 0 Å². The zero-order valence-corrected chi connectivity index (χ0v) is 19.2. The molecule has 1 aromatic heterocycles. The average Bonchev–Trinajstić information content (AvgIpc) is 3.27. The molecule has 2 aromatic carbocycles. The summed E-state index contributed by atoms with van der Waals surface area (Å²) >= 11 is 1.27. The van der Waals surface area contributed by atoms with E-state index >= 15 is 0 Å². The summed E-state index contributed by atoms with van der Waals surface area (Å²) in [6.45, 7) is 6.36. The van der Waals surface area contributed by atoms with Gasteiger partial charge in [-0.3, -0.25) is 14.9 Å². The van der Waals surface area contributed by atoms with Crippen LogP contribution in [0.25, 0.3) is 11.8 Å². The molecule has 168 valence electrons. The Kier molecular flexibility index (Phi) is 6.32. The number of amides is 1. The Morgan fingerprint density at radius 2 is 1.94 bits per heavy atom.